The lowest BCUT2D eigenvalue weighted by Gasteiger charge is -2.35. The SMILES string of the molecule is C[C@@H]1COCCN1c1nc(-c2cccc3[nH]ccc23)nc2c(CN3CC(O)C3)csc12. The number of nitrogens with one attached hydrogen (secondary N) is 1. The summed E-state index contributed by atoms with van der Waals surface area (Å²) >= 11 is 1.72. The number of ether oxygens (including phenoxy) is 1. The zero-order valence-electron chi connectivity index (χ0n) is 17.4. The van der Waals surface area contributed by atoms with E-state index in [1.165, 1.54) is 5.56 Å². The second kappa shape index (κ2) is 7.56. The van der Waals surface area contributed by atoms with E-state index in [1.807, 2.05) is 6.20 Å². The number of aromatic amines is 1. The first-order valence-electron chi connectivity index (χ1n) is 10.8. The van der Waals surface area contributed by atoms with Crippen molar-refractivity contribution in [2.24, 2.45) is 0 Å². The molecular weight excluding hydrogens is 410 g/mol. The van der Waals surface area contributed by atoms with Crippen LogP contribution in [0.25, 0.3) is 32.5 Å². The number of β-amino-alcohol motifs (C(OH)–C–C–N with tert-alkyl or cyclic N) is 1. The van der Waals surface area contributed by atoms with Gasteiger partial charge in [-0.25, -0.2) is 9.97 Å². The molecule has 2 aliphatic heterocycles. The first-order valence-corrected chi connectivity index (χ1v) is 11.6. The predicted octanol–water partition coefficient (Wildman–Crippen LogP) is 3.24. The molecule has 6 rings (SSSR count). The van der Waals surface area contributed by atoms with Gasteiger partial charge in [0.15, 0.2) is 11.6 Å². The summed E-state index contributed by atoms with van der Waals surface area (Å²) in [4.78, 5) is 18.1. The van der Waals surface area contributed by atoms with Crippen LogP contribution in [0, 0.1) is 0 Å². The molecule has 8 heteroatoms. The van der Waals surface area contributed by atoms with E-state index >= 15 is 0 Å². The van der Waals surface area contributed by atoms with E-state index in [0.717, 1.165) is 64.5 Å². The molecule has 2 saturated heterocycles. The van der Waals surface area contributed by atoms with Crippen molar-refractivity contribution >= 4 is 38.3 Å². The van der Waals surface area contributed by atoms with Gasteiger partial charge in [-0.1, -0.05) is 12.1 Å². The van der Waals surface area contributed by atoms with Gasteiger partial charge in [-0.15, -0.1) is 11.3 Å². The number of nitrogens with zero attached hydrogens (tertiary/aromatic N) is 4. The lowest BCUT2D eigenvalue weighted by atomic mass is 10.1. The summed E-state index contributed by atoms with van der Waals surface area (Å²) in [6.07, 6.45) is 1.76. The maximum atomic E-state index is 9.69. The van der Waals surface area contributed by atoms with Crippen molar-refractivity contribution in [3.05, 3.63) is 41.4 Å². The molecule has 0 amide bonds. The van der Waals surface area contributed by atoms with Gasteiger partial charge >= 0.3 is 0 Å². The molecule has 5 heterocycles. The number of aliphatic hydroxyl groups excluding tert-OH is 1. The first kappa shape index (κ1) is 19.2. The lowest BCUT2D eigenvalue weighted by molar-refractivity contribution is -0.00260. The highest BCUT2D eigenvalue weighted by Crippen LogP contribution is 2.37. The summed E-state index contributed by atoms with van der Waals surface area (Å²) in [5.74, 6) is 1.76. The van der Waals surface area contributed by atoms with Crippen molar-refractivity contribution in [1.82, 2.24) is 19.9 Å². The fraction of sp³-hybridized carbons (Fsp3) is 0.391. The van der Waals surface area contributed by atoms with E-state index in [9.17, 15) is 5.11 Å². The highest BCUT2D eigenvalue weighted by atomic mass is 32.1. The quantitative estimate of drug-likeness (QED) is 0.513. The number of H-pyrrole nitrogens is 1. The summed E-state index contributed by atoms with van der Waals surface area (Å²) in [5.41, 5.74) is 4.36. The molecule has 2 fully saturated rings. The molecule has 7 nitrogen and oxygen atoms in total. The summed E-state index contributed by atoms with van der Waals surface area (Å²) in [6, 6.07) is 8.58. The maximum Gasteiger partial charge on any atom is 0.162 e. The van der Waals surface area contributed by atoms with Crippen LogP contribution in [-0.2, 0) is 11.3 Å². The number of benzene rings is 1. The Balaban J connectivity index is 1.52. The van der Waals surface area contributed by atoms with Crippen LogP contribution in [0.5, 0.6) is 0 Å². The molecule has 0 aliphatic carbocycles. The largest absolute Gasteiger partial charge is 0.390 e. The zero-order chi connectivity index (χ0) is 20.9. The molecule has 0 spiro atoms. The standard InChI is InChI=1S/C23H25N5O2S/c1-14-12-30-8-7-28(14)23-21-20(15(13-31-21)9-27-10-16(29)11-27)25-22(26-23)18-3-2-4-19-17(18)5-6-24-19/h2-6,13-14,16,24,29H,7-12H2,1H3/t14-/m1/s1. The maximum absolute atomic E-state index is 9.69. The van der Waals surface area contributed by atoms with E-state index in [-0.39, 0.29) is 12.1 Å². The summed E-state index contributed by atoms with van der Waals surface area (Å²) in [6.45, 7) is 6.69. The van der Waals surface area contributed by atoms with E-state index in [2.05, 4.69) is 51.4 Å². The van der Waals surface area contributed by atoms with Gasteiger partial charge < -0.3 is 19.7 Å². The van der Waals surface area contributed by atoms with Crippen molar-refractivity contribution in [2.45, 2.75) is 25.6 Å². The highest BCUT2D eigenvalue weighted by Gasteiger charge is 2.28. The van der Waals surface area contributed by atoms with E-state index in [0.29, 0.717) is 13.2 Å². The number of fused-ring (bicyclic) bond motifs is 2. The molecule has 1 aromatic carbocycles. The van der Waals surface area contributed by atoms with Gasteiger partial charge in [-0.3, -0.25) is 4.90 Å². The molecule has 2 N–H and O–H groups in total. The van der Waals surface area contributed by atoms with Crippen LogP contribution >= 0.6 is 11.3 Å². The van der Waals surface area contributed by atoms with Crippen molar-refractivity contribution in [3.8, 4) is 11.4 Å². The Morgan fingerprint density at radius 3 is 3.00 bits per heavy atom. The second-order valence-electron chi connectivity index (χ2n) is 8.52. The van der Waals surface area contributed by atoms with Gasteiger partial charge in [-0.2, -0.15) is 0 Å². The van der Waals surface area contributed by atoms with Gasteiger partial charge in [0.2, 0.25) is 0 Å². The van der Waals surface area contributed by atoms with Crippen LogP contribution in [0.3, 0.4) is 0 Å². The third-order valence-electron chi connectivity index (χ3n) is 6.28. The Morgan fingerprint density at radius 1 is 1.26 bits per heavy atom. The number of likely N-dealkylation sites (tertiary alicyclic amines) is 1. The number of anilines is 1. The minimum absolute atomic E-state index is 0.203. The van der Waals surface area contributed by atoms with Crippen LogP contribution in [0.4, 0.5) is 5.82 Å². The number of morpholine rings is 1. The number of thiophene rings is 1. The van der Waals surface area contributed by atoms with E-state index in [1.54, 1.807) is 11.3 Å². The third kappa shape index (κ3) is 3.30. The van der Waals surface area contributed by atoms with Gasteiger partial charge in [-0.05, 0) is 24.4 Å². The van der Waals surface area contributed by atoms with E-state index in [4.69, 9.17) is 14.7 Å². The summed E-state index contributed by atoms with van der Waals surface area (Å²) in [5, 5.41) is 13.0. The molecule has 3 aromatic heterocycles. The monoisotopic (exact) mass is 435 g/mol. The Morgan fingerprint density at radius 2 is 2.16 bits per heavy atom. The number of rotatable bonds is 4. The smallest absolute Gasteiger partial charge is 0.162 e. The average Bonchev–Trinajstić information content (AvgIpc) is 3.39. The number of hydrogen-bond acceptors (Lipinski definition) is 7. The van der Waals surface area contributed by atoms with Crippen LogP contribution in [0.15, 0.2) is 35.8 Å². The second-order valence-corrected chi connectivity index (χ2v) is 9.40. The molecule has 0 bridgehead atoms. The third-order valence-corrected chi connectivity index (χ3v) is 7.29. The first-order chi connectivity index (χ1) is 15.2. The highest BCUT2D eigenvalue weighted by molar-refractivity contribution is 7.18. The van der Waals surface area contributed by atoms with Gasteiger partial charge in [0.05, 0.1) is 35.6 Å². The average molecular weight is 436 g/mol. The molecule has 0 radical (unpaired) electrons. The Kier molecular flexibility index (Phi) is 4.68. The molecule has 0 saturated carbocycles. The van der Waals surface area contributed by atoms with Crippen LogP contribution in [-0.4, -0.2) is 70.0 Å². The molecular formula is C23H25N5O2S. The minimum Gasteiger partial charge on any atom is -0.390 e. The van der Waals surface area contributed by atoms with Gasteiger partial charge in [0.1, 0.15) is 0 Å². The summed E-state index contributed by atoms with van der Waals surface area (Å²) in [7, 11) is 0. The van der Waals surface area contributed by atoms with Crippen LogP contribution in [0.1, 0.15) is 12.5 Å². The molecule has 1 atom stereocenters. The Labute approximate surface area is 184 Å². The van der Waals surface area contributed by atoms with Crippen LogP contribution in [0.2, 0.25) is 0 Å². The topological polar surface area (TPSA) is 77.5 Å². The fourth-order valence-electron chi connectivity index (χ4n) is 4.61. The van der Waals surface area contributed by atoms with Crippen LogP contribution < -0.4 is 4.90 Å². The summed E-state index contributed by atoms with van der Waals surface area (Å²) < 4.78 is 6.82. The van der Waals surface area contributed by atoms with Crippen molar-refractivity contribution in [2.75, 3.05) is 37.7 Å². The zero-order valence-corrected chi connectivity index (χ0v) is 18.2. The normalized spacial score (nSPS) is 20.6. The number of aliphatic hydroxyl groups is 1. The molecule has 31 heavy (non-hydrogen) atoms. The number of hydrogen-bond donors (Lipinski definition) is 2. The van der Waals surface area contributed by atoms with Crippen molar-refractivity contribution in [3.63, 3.8) is 0 Å². The van der Waals surface area contributed by atoms with E-state index < -0.39 is 0 Å². The lowest BCUT2D eigenvalue weighted by Crippen LogP contribution is -2.49. The molecule has 0 unspecified atom stereocenters. The molecule has 160 valence electrons. The molecule has 4 aromatic rings. The van der Waals surface area contributed by atoms with Gasteiger partial charge in [0.25, 0.3) is 0 Å². The van der Waals surface area contributed by atoms with Gasteiger partial charge in [0, 0.05) is 54.4 Å². The predicted molar refractivity (Wildman–Crippen MR) is 124 cm³/mol. The van der Waals surface area contributed by atoms with Crippen molar-refractivity contribution in [1.29, 1.82) is 0 Å². The molecule has 2 aliphatic rings. The van der Waals surface area contributed by atoms with Crippen molar-refractivity contribution < 1.29 is 9.84 Å². The fourth-order valence-corrected chi connectivity index (χ4v) is 5.62. The Bertz CT molecular complexity index is 1250. The minimum atomic E-state index is -0.203. The Hall–Kier alpha value is -2.52. The number of aromatic nitrogens is 3.